The van der Waals surface area contributed by atoms with Crippen LogP contribution < -0.4 is 5.32 Å². The summed E-state index contributed by atoms with van der Waals surface area (Å²) in [6.07, 6.45) is 1.72. The molecule has 3 nitrogen and oxygen atoms in total. The first-order chi connectivity index (χ1) is 9.20. The van der Waals surface area contributed by atoms with Gasteiger partial charge in [0.15, 0.2) is 0 Å². The van der Waals surface area contributed by atoms with Crippen molar-refractivity contribution in [1.82, 2.24) is 5.32 Å². The highest BCUT2D eigenvalue weighted by atomic mass is 32.2. The summed E-state index contributed by atoms with van der Waals surface area (Å²) >= 11 is 7.16. The lowest BCUT2D eigenvalue weighted by Gasteiger charge is -2.29. The zero-order chi connectivity index (χ0) is 13.7. The van der Waals surface area contributed by atoms with Crippen molar-refractivity contribution in [2.75, 3.05) is 12.9 Å². The highest BCUT2D eigenvalue weighted by Gasteiger charge is 2.29. The molecular formula is C14H17NO2S2. The molecule has 0 amide bonds. The molecule has 1 fully saturated rings. The molecule has 1 saturated heterocycles. The van der Waals surface area contributed by atoms with Crippen molar-refractivity contribution >= 4 is 34.9 Å². The maximum Gasteiger partial charge on any atom is 0.328 e. The lowest BCUT2D eigenvalue weighted by Crippen LogP contribution is -2.48. The Hall–Kier alpha value is -1.07. The molecule has 2 atom stereocenters. The van der Waals surface area contributed by atoms with Gasteiger partial charge in [-0.1, -0.05) is 30.4 Å². The number of esters is 1. The summed E-state index contributed by atoms with van der Waals surface area (Å²) in [5.74, 6) is 1.06. The minimum absolute atomic E-state index is 0.225. The number of carbonyl (C=O) groups is 1. The fraction of sp³-hybridized carbons (Fsp3) is 0.429. The van der Waals surface area contributed by atoms with E-state index in [0.717, 1.165) is 23.6 Å². The molecule has 1 aliphatic rings. The van der Waals surface area contributed by atoms with Gasteiger partial charge in [-0.15, -0.1) is 11.8 Å². The highest BCUT2D eigenvalue weighted by molar-refractivity contribution is 7.99. The van der Waals surface area contributed by atoms with E-state index in [2.05, 4.69) is 17.4 Å². The summed E-state index contributed by atoms with van der Waals surface area (Å²) < 4.78 is 4.74. The lowest BCUT2D eigenvalue weighted by molar-refractivity contribution is -0.143. The van der Waals surface area contributed by atoms with Crippen molar-refractivity contribution in [2.24, 2.45) is 5.92 Å². The predicted octanol–water partition coefficient (Wildman–Crippen LogP) is 2.65. The summed E-state index contributed by atoms with van der Waals surface area (Å²) in [5, 5.41) is 3.10. The van der Waals surface area contributed by atoms with E-state index in [4.69, 9.17) is 17.0 Å². The molecule has 1 aliphatic heterocycles. The van der Waals surface area contributed by atoms with E-state index in [9.17, 15) is 4.79 Å². The van der Waals surface area contributed by atoms with E-state index in [1.54, 1.807) is 11.8 Å². The Morgan fingerprint density at radius 2 is 2.16 bits per heavy atom. The minimum Gasteiger partial charge on any atom is -0.467 e. The Balaban J connectivity index is 1.84. The summed E-state index contributed by atoms with van der Waals surface area (Å²) in [4.78, 5) is 13.5. The van der Waals surface area contributed by atoms with Crippen LogP contribution in [0.5, 0.6) is 0 Å². The summed E-state index contributed by atoms with van der Waals surface area (Å²) in [6, 6.07) is 10.0. The average Bonchev–Trinajstić information content (AvgIpc) is 2.46. The Kier molecular flexibility index (Phi) is 5.22. The molecule has 0 bridgehead atoms. The van der Waals surface area contributed by atoms with Crippen molar-refractivity contribution < 1.29 is 9.53 Å². The number of rotatable bonds is 4. The van der Waals surface area contributed by atoms with Gasteiger partial charge in [-0.2, -0.15) is 0 Å². The maximum atomic E-state index is 11.4. The van der Waals surface area contributed by atoms with Gasteiger partial charge in [-0.05, 0) is 25.0 Å². The van der Waals surface area contributed by atoms with Crippen LogP contribution >= 0.6 is 24.0 Å². The quantitative estimate of drug-likeness (QED) is 0.525. The number of nitrogens with one attached hydrogen (secondary N) is 1. The number of ether oxygens (including phenoxy) is 1. The summed E-state index contributed by atoms with van der Waals surface area (Å²) in [7, 11) is 1.41. The molecule has 0 saturated carbocycles. The van der Waals surface area contributed by atoms with Crippen LogP contribution in [0.2, 0.25) is 0 Å². The van der Waals surface area contributed by atoms with Crippen molar-refractivity contribution in [3.63, 3.8) is 0 Å². The van der Waals surface area contributed by atoms with Crippen LogP contribution in [0.3, 0.4) is 0 Å². The first kappa shape index (κ1) is 14.3. The topological polar surface area (TPSA) is 38.3 Å². The van der Waals surface area contributed by atoms with E-state index in [1.165, 1.54) is 12.0 Å². The summed E-state index contributed by atoms with van der Waals surface area (Å²) in [6.45, 7) is 0. The van der Waals surface area contributed by atoms with Crippen LogP contribution in [-0.2, 0) is 9.53 Å². The number of hydrogen-bond donors (Lipinski definition) is 1. The number of methoxy groups -OCH3 is 1. The van der Waals surface area contributed by atoms with Crippen LogP contribution in [-0.4, -0.2) is 29.9 Å². The molecule has 1 aromatic rings. The van der Waals surface area contributed by atoms with Crippen molar-refractivity contribution in [3.8, 4) is 0 Å². The third kappa shape index (κ3) is 3.94. The largest absolute Gasteiger partial charge is 0.467 e. The second-order valence-electron chi connectivity index (χ2n) is 4.48. The molecule has 102 valence electrons. The highest BCUT2D eigenvalue weighted by Crippen LogP contribution is 2.26. The fourth-order valence-electron chi connectivity index (χ4n) is 2.05. The smallest absolute Gasteiger partial charge is 0.328 e. The Bertz CT molecular complexity index is 450. The third-order valence-corrected chi connectivity index (χ3v) is 4.80. The predicted molar refractivity (Wildman–Crippen MR) is 81.4 cm³/mol. The number of carbonyl (C=O) groups excluding carboxylic acids is 1. The van der Waals surface area contributed by atoms with E-state index >= 15 is 0 Å². The number of hydrogen-bond acceptors (Lipinski definition) is 4. The molecule has 0 aliphatic carbocycles. The molecule has 2 unspecified atom stereocenters. The molecule has 1 aromatic carbocycles. The van der Waals surface area contributed by atoms with E-state index < -0.39 is 0 Å². The molecule has 19 heavy (non-hydrogen) atoms. The number of thioether (sulfide) groups is 1. The average molecular weight is 295 g/mol. The van der Waals surface area contributed by atoms with Gasteiger partial charge in [0.2, 0.25) is 0 Å². The molecule has 5 heteroatoms. The number of benzene rings is 1. The van der Waals surface area contributed by atoms with Crippen molar-refractivity contribution in [2.45, 2.75) is 23.8 Å². The van der Waals surface area contributed by atoms with Crippen molar-refractivity contribution in [3.05, 3.63) is 30.3 Å². The third-order valence-electron chi connectivity index (χ3n) is 3.17. The first-order valence-corrected chi connectivity index (χ1v) is 7.66. The molecular weight excluding hydrogens is 278 g/mol. The molecule has 0 radical (unpaired) electrons. The first-order valence-electron chi connectivity index (χ1n) is 6.26. The van der Waals surface area contributed by atoms with Crippen LogP contribution in [0.4, 0.5) is 0 Å². The van der Waals surface area contributed by atoms with E-state index in [1.807, 2.05) is 18.2 Å². The fourth-order valence-corrected chi connectivity index (χ4v) is 3.58. The van der Waals surface area contributed by atoms with Crippen LogP contribution in [0.25, 0.3) is 0 Å². The monoisotopic (exact) mass is 295 g/mol. The Morgan fingerprint density at radius 3 is 2.79 bits per heavy atom. The minimum atomic E-state index is -0.268. The maximum absolute atomic E-state index is 11.4. The molecule has 2 rings (SSSR count). The molecule has 0 aromatic heterocycles. The van der Waals surface area contributed by atoms with Gasteiger partial charge in [0.05, 0.1) is 12.1 Å². The van der Waals surface area contributed by atoms with Gasteiger partial charge in [0, 0.05) is 16.6 Å². The molecule has 0 spiro atoms. The number of piperidine rings is 1. The standard InChI is InChI=1S/C14H17NO2S2/c1-17-14(16)12-8-7-10(13(18)15-12)9-19-11-5-3-2-4-6-11/h2-6,10,12H,7-9H2,1H3,(H,15,18). The van der Waals surface area contributed by atoms with Crippen LogP contribution in [0, 0.1) is 5.92 Å². The summed E-state index contributed by atoms with van der Waals surface area (Å²) in [5.41, 5.74) is 0. The van der Waals surface area contributed by atoms with Gasteiger partial charge in [0.25, 0.3) is 0 Å². The van der Waals surface area contributed by atoms with E-state index in [0.29, 0.717) is 5.92 Å². The van der Waals surface area contributed by atoms with Gasteiger partial charge < -0.3 is 10.1 Å². The van der Waals surface area contributed by atoms with Crippen molar-refractivity contribution in [1.29, 1.82) is 0 Å². The van der Waals surface area contributed by atoms with Gasteiger partial charge in [0.1, 0.15) is 6.04 Å². The Morgan fingerprint density at radius 1 is 1.42 bits per heavy atom. The second kappa shape index (κ2) is 6.91. The zero-order valence-electron chi connectivity index (χ0n) is 10.8. The Labute approximate surface area is 123 Å². The normalized spacial score (nSPS) is 22.7. The molecule has 1 N–H and O–H groups in total. The van der Waals surface area contributed by atoms with Gasteiger partial charge in [-0.3, -0.25) is 0 Å². The zero-order valence-corrected chi connectivity index (χ0v) is 12.4. The second-order valence-corrected chi connectivity index (χ2v) is 6.02. The van der Waals surface area contributed by atoms with Gasteiger partial charge in [-0.25, -0.2) is 4.79 Å². The van der Waals surface area contributed by atoms with Crippen LogP contribution in [0.15, 0.2) is 35.2 Å². The van der Waals surface area contributed by atoms with E-state index in [-0.39, 0.29) is 12.0 Å². The molecule has 1 heterocycles. The SMILES string of the molecule is COC(=O)C1CCC(CSc2ccccc2)C(=S)N1. The van der Waals surface area contributed by atoms with Gasteiger partial charge >= 0.3 is 5.97 Å². The lowest BCUT2D eigenvalue weighted by atomic mass is 9.96. The van der Waals surface area contributed by atoms with Crippen LogP contribution in [0.1, 0.15) is 12.8 Å². The number of thiocarbonyl (C=S) groups is 1.